The first-order chi connectivity index (χ1) is 14.7. The van der Waals surface area contributed by atoms with Crippen molar-refractivity contribution in [3.63, 3.8) is 0 Å². The van der Waals surface area contributed by atoms with Gasteiger partial charge in [0, 0.05) is 19.0 Å². The number of esters is 1. The van der Waals surface area contributed by atoms with Gasteiger partial charge in [0.25, 0.3) is 5.91 Å². The Morgan fingerprint density at radius 2 is 1.71 bits per heavy atom. The van der Waals surface area contributed by atoms with Crippen LogP contribution in [0, 0.1) is 0 Å². The first-order valence-corrected chi connectivity index (χ1v) is 9.26. The minimum atomic E-state index is -1.41. The Balaban J connectivity index is 2.25. The number of carboxylic acids is 1. The molecule has 0 radical (unpaired) electrons. The van der Waals surface area contributed by atoms with Gasteiger partial charge in [-0.2, -0.15) is 0 Å². The topological polar surface area (TPSA) is 153 Å². The Hall–Kier alpha value is -4.08. The summed E-state index contributed by atoms with van der Waals surface area (Å²) in [4.78, 5) is 49.1. The van der Waals surface area contributed by atoms with Crippen molar-refractivity contribution in [3.8, 4) is 11.5 Å². The van der Waals surface area contributed by atoms with Gasteiger partial charge in [-0.15, -0.1) is 0 Å². The van der Waals surface area contributed by atoms with Crippen LogP contribution in [0.5, 0.6) is 11.5 Å². The monoisotopic (exact) mass is 430 g/mol. The molecule has 0 aromatic heterocycles. The molecule has 0 aliphatic rings. The Kier molecular flexibility index (Phi) is 7.95. The number of rotatable bonds is 8. The van der Waals surface area contributed by atoms with Crippen LogP contribution in [0.25, 0.3) is 0 Å². The highest BCUT2D eigenvalue weighted by atomic mass is 16.5. The summed E-state index contributed by atoms with van der Waals surface area (Å²) in [5, 5.41) is 30.9. The lowest BCUT2D eigenvalue weighted by molar-refractivity contribution is -0.141. The summed E-state index contributed by atoms with van der Waals surface area (Å²) in [6.45, 7) is 0.959. The van der Waals surface area contributed by atoms with E-state index >= 15 is 0 Å². The molecule has 164 valence electrons. The second-order valence-electron chi connectivity index (χ2n) is 6.49. The molecule has 10 nitrogen and oxygen atoms in total. The van der Waals surface area contributed by atoms with E-state index in [1.165, 1.54) is 25.1 Å². The number of carbonyl (C=O) groups is 4. The van der Waals surface area contributed by atoms with Crippen molar-refractivity contribution < 1.29 is 39.2 Å². The number of amides is 3. The third kappa shape index (κ3) is 6.46. The molecule has 0 saturated carbocycles. The van der Waals surface area contributed by atoms with Crippen LogP contribution < -0.4 is 5.32 Å². The van der Waals surface area contributed by atoms with Gasteiger partial charge in [0.05, 0.1) is 6.61 Å². The molecule has 2 aromatic carbocycles. The molecule has 0 saturated heterocycles. The maximum Gasteiger partial charge on any atom is 0.330 e. The van der Waals surface area contributed by atoms with Gasteiger partial charge in [-0.3, -0.25) is 14.5 Å². The van der Waals surface area contributed by atoms with E-state index < -0.39 is 41.4 Å². The van der Waals surface area contributed by atoms with Gasteiger partial charge in [0.1, 0.15) is 0 Å². The predicted molar refractivity (Wildman–Crippen MR) is 107 cm³/mol. The van der Waals surface area contributed by atoms with E-state index in [0.29, 0.717) is 5.56 Å². The molecule has 31 heavy (non-hydrogen) atoms. The van der Waals surface area contributed by atoms with Crippen molar-refractivity contribution in [2.75, 3.05) is 13.2 Å². The fourth-order valence-corrected chi connectivity index (χ4v) is 2.68. The highest BCUT2D eigenvalue weighted by Crippen LogP contribution is 2.25. The van der Waals surface area contributed by atoms with Crippen LogP contribution in [0.3, 0.4) is 0 Å². The minimum absolute atomic E-state index is 0.0612. The Morgan fingerprint density at radius 1 is 1.03 bits per heavy atom. The molecule has 2 rings (SSSR count). The number of nitrogens with zero attached hydrogens (tertiary/aromatic N) is 1. The summed E-state index contributed by atoms with van der Waals surface area (Å²) in [6.07, 6.45) is 0.103. The number of urea groups is 1. The second-order valence-corrected chi connectivity index (χ2v) is 6.49. The van der Waals surface area contributed by atoms with E-state index in [-0.39, 0.29) is 25.1 Å². The first-order valence-electron chi connectivity index (χ1n) is 9.26. The van der Waals surface area contributed by atoms with E-state index in [2.05, 4.69) is 5.32 Å². The van der Waals surface area contributed by atoms with Gasteiger partial charge >= 0.3 is 18.0 Å². The van der Waals surface area contributed by atoms with Crippen LogP contribution in [0.4, 0.5) is 4.79 Å². The number of hydrogen-bond acceptors (Lipinski definition) is 7. The van der Waals surface area contributed by atoms with E-state index in [1.54, 1.807) is 18.2 Å². The van der Waals surface area contributed by atoms with Crippen LogP contribution in [0.2, 0.25) is 0 Å². The molecule has 2 aromatic rings. The van der Waals surface area contributed by atoms with Crippen LogP contribution in [-0.2, 0) is 14.3 Å². The summed E-state index contributed by atoms with van der Waals surface area (Å²) in [5.41, 5.74) is 0.197. The van der Waals surface area contributed by atoms with E-state index in [9.17, 15) is 34.5 Å². The molecule has 0 aliphatic heterocycles. The maximum absolute atomic E-state index is 12.9. The lowest BCUT2D eigenvalue weighted by Gasteiger charge is -2.24. The predicted octanol–water partition coefficient (Wildman–Crippen LogP) is 2.03. The lowest BCUT2D eigenvalue weighted by atomic mass is 10.1. The van der Waals surface area contributed by atoms with Gasteiger partial charge < -0.3 is 25.4 Å². The third-order valence-electron chi connectivity index (χ3n) is 4.19. The molecule has 1 unspecified atom stereocenters. The fraction of sp³-hybridized carbons (Fsp3) is 0.238. The van der Waals surface area contributed by atoms with Crippen molar-refractivity contribution in [1.29, 1.82) is 0 Å². The van der Waals surface area contributed by atoms with Gasteiger partial charge in [0.2, 0.25) is 0 Å². The van der Waals surface area contributed by atoms with Crippen LogP contribution in [0.15, 0.2) is 48.5 Å². The zero-order valence-electron chi connectivity index (χ0n) is 16.6. The zero-order chi connectivity index (χ0) is 23.0. The second kappa shape index (κ2) is 10.6. The molecular formula is C21H22N2O8. The maximum atomic E-state index is 12.9. The number of carbonyl (C=O) groups excluding carboxylic acids is 3. The SMILES string of the molecule is CC(=O)OCCCN(C(=O)NC(C(=O)O)c1ccccc1)C(=O)c1ccc(O)c(O)c1. The van der Waals surface area contributed by atoms with Crippen LogP contribution >= 0.6 is 0 Å². The van der Waals surface area contributed by atoms with Crippen molar-refractivity contribution in [2.45, 2.75) is 19.4 Å². The number of phenolic OH excluding ortho intramolecular Hbond substituents is 2. The van der Waals surface area contributed by atoms with Crippen molar-refractivity contribution in [1.82, 2.24) is 10.2 Å². The number of nitrogens with one attached hydrogen (secondary N) is 1. The molecular weight excluding hydrogens is 408 g/mol. The number of benzene rings is 2. The smallest absolute Gasteiger partial charge is 0.330 e. The molecule has 0 aliphatic carbocycles. The molecule has 0 spiro atoms. The summed E-state index contributed by atoms with van der Waals surface area (Å²) >= 11 is 0. The number of carboxylic acid groups (broad SMARTS) is 1. The molecule has 0 heterocycles. The van der Waals surface area contributed by atoms with E-state index in [4.69, 9.17) is 4.74 Å². The van der Waals surface area contributed by atoms with Gasteiger partial charge in [0.15, 0.2) is 17.5 Å². The van der Waals surface area contributed by atoms with E-state index in [1.807, 2.05) is 0 Å². The summed E-state index contributed by atoms with van der Waals surface area (Å²) in [6, 6.07) is 8.81. The average Bonchev–Trinajstić information content (AvgIpc) is 2.73. The number of hydrogen-bond donors (Lipinski definition) is 4. The van der Waals surface area contributed by atoms with Crippen molar-refractivity contribution in [2.24, 2.45) is 0 Å². The normalized spacial score (nSPS) is 11.3. The summed E-state index contributed by atoms with van der Waals surface area (Å²) < 4.78 is 4.81. The first kappa shape index (κ1) is 23.2. The Labute approximate surface area is 177 Å². The highest BCUT2D eigenvalue weighted by molar-refractivity contribution is 6.05. The van der Waals surface area contributed by atoms with E-state index in [0.717, 1.165) is 17.0 Å². The molecule has 0 bridgehead atoms. The Morgan fingerprint density at radius 3 is 2.29 bits per heavy atom. The quantitative estimate of drug-likeness (QED) is 0.282. The molecule has 1 atom stereocenters. The minimum Gasteiger partial charge on any atom is -0.504 e. The van der Waals surface area contributed by atoms with Crippen LogP contribution in [-0.4, -0.2) is 57.2 Å². The lowest BCUT2D eigenvalue weighted by Crippen LogP contribution is -2.47. The van der Waals surface area contributed by atoms with Crippen LogP contribution in [0.1, 0.15) is 35.3 Å². The largest absolute Gasteiger partial charge is 0.504 e. The van der Waals surface area contributed by atoms with Gasteiger partial charge in [-0.25, -0.2) is 9.59 Å². The molecule has 3 amide bonds. The Bertz CT molecular complexity index is 961. The number of aliphatic carboxylic acids is 1. The van der Waals surface area contributed by atoms with Crippen molar-refractivity contribution in [3.05, 3.63) is 59.7 Å². The zero-order valence-corrected chi connectivity index (χ0v) is 16.6. The van der Waals surface area contributed by atoms with Gasteiger partial charge in [-0.1, -0.05) is 30.3 Å². The number of aromatic hydroxyl groups is 2. The molecule has 0 fully saturated rings. The number of ether oxygens (including phenoxy) is 1. The molecule has 10 heteroatoms. The standard InChI is InChI=1S/C21H22N2O8/c1-13(24)31-11-5-10-23(19(27)15-8-9-16(25)17(26)12-15)21(30)22-18(20(28)29)14-6-3-2-4-7-14/h2-4,6-9,12,18,25-26H,5,10-11H2,1H3,(H,22,30)(H,28,29). The number of imide groups is 1. The van der Waals surface area contributed by atoms with Gasteiger partial charge in [-0.05, 0) is 30.2 Å². The fourth-order valence-electron chi connectivity index (χ4n) is 2.68. The summed E-state index contributed by atoms with van der Waals surface area (Å²) in [5.74, 6) is -3.70. The third-order valence-corrected chi connectivity index (χ3v) is 4.19. The average molecular weight is 430 g/mol. The van der Waals surface area contributed by atoms with Crippen molar-refractivity contribution >= 4 is 23.9 Å². The highest BCUT2D eigenvalue weighted by Gasteiger charge is 2.29. The summed E-state index contributed by atoms with van der Waals surface area (Å²) in [7, 11) is 0. The molecule has 4 N–H and O–H groups in total. The number of phenols is 2.